The van der Waals surface area contributed by atoms with Crippen molar-refractivity contribution in [1.29, 1.82) is 0 Å². The van der Waals surface area contributed by atoms with Crippen molar-refractivity contribution in [3.05, 3.63) is 62.8 Å². The zero-order valence-electron chi connectivity index (χ0n) is 13.9. The van der Waals surface area contributed by atoms with Crippen LogP contribution in [0.1, 0.15) is 39.9 Å². The van der Waals surface area contributed by atoms with Gasteiger partial charge in [0.1, 0.15) is 11.4 Å². The van der Waals surface area contributed by atoms with Crippen molar-refractivity contribution < 1.29 is 9.53 Å². The highest BCUT2D eigenvalue weighted by Gasteiger charge is 2.26. The monoisotopic (exact) mass is 432 g/mol. The highest BCUT2D eigenvalue weighted by Crippen LogP contribution is 2.41. The van der Waals surface area contributed by atoms with E-state index in [2.05, 4.69) is 31.3 Å². The predicted molar refractivity (Wildman–Crippen MR) is 102 cm³/mol. The summed E-state index contributed by atoms with van der Waals surface area (Å²) in [6.07, 6.45) is 4.19. The minimum Gasteiger partial charge on any atom is -0.471 e. The summed E-state index contributed by atoms with van der Waals surface area (Å²) < 4.78 is 8.22. The van der Waals surface area contributed by atoms with Gasteiger partial charge in [0, 0.05) is 22.0 Å². The van der Waals surface area contributed by atoms with Gasteiger partial charge < -0.3 is 10.1 Å². The zero-order valence-corrected chi connectivity index (χ0v) is 16.3. The molecule has 4 rings (SSSR count). The third-order valence-electron chi connectivity index (χ3n) is 3.98. The molecule has 0 radical (unpaired) electrons. The first-order chi connectivity index (χ1) is 12.7. The van der Waals surface area contributed by atoms with E-state index in [1.165, 1.54) is 17.8 Å². The molecule has 1 N–H and O–H groups in total. The second-order valence-electron chi connectivity index (χ2n) is 6.10. The third kappa shape index (κ3) is 4.31. The van der Waals surface area contributed by atoms with Gasteiger partial charge in [0.25, 0.3) is 5.91 Å². The number of nitrogens with one attached hydrogen (secondary N) is 1. The Morgan fingerprint density at radius 1 is 1.31 bits per heavy atom. The third-order valence-corrected chi connectivity index (χ3v) is 5.56. The predicted octanol–water partition coefficient (Wildman–Crippen LogP) is 3.95. The Balaban J connectivity index is 1.28. The molecule has 1 aliphatic rings. The average Bonchev–Trinajstić information content (AvgIpc) is 3.20. The van der Waals surface area contributed by atoms with Crippen LogP contribution >= 0.6 is 27.3 Å². The van der Waals surface area contributed by atoms with E-state index in [1.54, 1.807) is 28.3 Å². The van der Waals surface area contributed by atoms with Gasteiger partial charge in [-0.25, -0.2) is 9.67 Å². The van der Waals surface area contributed by atoms with Crippen molar-refractivity contribution in [3.8, 4) is 5.75 Å². The maximum atomic E-state index is 12.2. The highest BCUT2D eigenvalue weighted by atomic mass is 79.9. The topological polar surface area (TPSA) is 69.0 Å². The summed E-state index contributed by atoms with van der Waals surface area (Å²) >= 11 is 5.06. The van der Waals surface area contributed by atoms with Crippen molar-refractivity contribution in [3.63, 3.8) is 0 Å². The molecule has 0 bridgehead atoms. The second-order valence-corrected chi connectivity index (χ2v) is 7.91. The number of ether oxygens (including phenoxy) is 1. The minimum atomic E-state index is -0.214. The number of aromatic nitrogens is 3. The lowest BCUT2D eigenvalue weighted by Gasteiger charge is -2.06. The first kappa shape index (κ1) is 17.2. The van der Waals surface area contributed by atoms with E-state index >= 15 is 0 Å². The maximum Gasteiger partial charge on any atom is 0.272 e. The summed E-state index contributed by atoms with van der Waals surface area (Å²) in [5, 5.41) is 10.3. The van der Waals surface area contributed by atoms with Crippen LogP contribution in [0.4, 0.5) is 0 Å². The average molecular weight is 433 g/mol. The van der Waals surface area contributed by atoms with Gasteiger partial charge in [-0.15, -0.1) is 11.3 Å². The molecule has 134 valence electrons. The maximum absolute atomic E-state index is 12.2. The largest absolute Gasteiger partial charge is 0.471 e. The van der Waals surface area contributed by atoms with Crippen LogP contribution in [0.2, 0.25) is 0 Å². The molecule has 0 aliphatic heterocycles. The van der Waals surface area contributed by atoms with E-state index in [1.807, 2.05) is 29.6 Å². The van der Waals surface area contributed by atoms with Gasteiger partial charge in [-0.2, -0.15) is 5.10 Å². The van der Waals surface area contributed by atoms with E-state index in [0.29, 0.717) is 18.2 Å². The fraction of sp³-hybridized carbons (Fsp3) is 0.278. The van der Waals surface area contributed by atoms with E-state index in [4.69, 9.17) is 4.74 Å². The lowest BCUT2D eigenvalue weighted by molar-refractivity contribution is 0.0943. The van der Waals surface area contributed by atoms with E-state index in [9.17, 15) is 4.79 Å². The number of amides is 1. The lowest BCUT2D eigenvalue weighted by atomic mass is 10.3. The summed E-state index contributed by atoms with van der Waals surface area (Å²) in [4.78, 5) is 16.8. The molecule has 2 heterocycles. The van der Waals surface area contributed by atoms with E-state index in [-0.39, 0.29) is 12.6 Å². The molecule has 0 saturated heterocycles. The molecule has 0 unspecified atom stereocenters. The molecule has 26 heavy (non-hydrogen) atoms. The minimum absolute atomic E-state index is 0.214. The number of hydrogen-bond donors (Lipinski definition) is 1. The standard InChI is InChI=1S/C18H17BrN4O2S/c19-13-3-5-15(6-4-13)25-11-23-8-7-16(22-23)17(24)20-9-14-10-26-18(21-14)12-1-2-12/h3-8,10,12H,1-2,9,11H2,(H,20,24). The fourth-order valence-electron chi connectivity index (χ4n) is 2.41. The number of nitrogens with zero attached hydrogens (tertiary/aromatic N) is 3. The Kier molecular flexibility index (Phi) is 5.03. The van der Waals surface area contributed by atoms with Crippen LogP contribution in [0, 0.1) is 0 Å². The van der Waals surface area contributed by atoms with Gasteiger partial charge in [-0.05, 0) is 43.2 Å². The molecular formula is C18H17BrN4O2S. The fourth-order valence-corrected chi connectivity index (χ4v) is 3.66. The Morgan fingerprint density at radius 2 is 2.12 bits per heavy atom. The number of rotatable bonds is 7. The molecule has 2 aromatic heterocycles. The summed E-state index contributed by atoms with van der Waals surface area (Å²) in [6, 6.07) is 9.22. The first-order valence-electron chi connectivity index (χ1n) is 8.32. The van der Waals surface area contributed by atoms with Crippen LogP contribution in [0.25, 0.3) is 0 Å². The number of carbonyl (C=O) groups excluding carboxylic acids is 1. The molecule has 8 heteroatoms. The van der Waals surface area contributed by atoms with Crippen molar-refractivity contribution >= 4 is 33.2 Å². The quantitative estimate of drug-likeness (QED) is 0.613. The van der Waals surface area contributed by atoms with Crippen molar-refractivity contribution in [2.24, 2.45) is 0 Å². The number of hydrogen-bond acceptors (Lipinski definition) is 5. The van der Waals surface area contributed by atoms with Gasteiger partial charge in [0.2, 0.25) is 0 Å². The zero-order chi connectivity index (χ0) is 17.9. The Bertz CT molecular complexity index is 902. The number of carbonyl (C=O) groups is 1. The van der Waals surface area contributed by atoms with E-state index < -0.39 is 0 Å². The normalized spacial score (nSPS) is 13.6. The summed E-state index contributed by atoms with van der Waals surface area (Å²) in [5.41, 5.74) is 1.27. The molecule has 6 nitrogen and oxygen atoms in total. The molecular weight excluding hydrogens is 416 g/mol. The van der Waals surface area contributed by atoms with E-state index in [0.717, 1.165) is 15.9 Å². The smallest absolute Gasteiger partial charge is 0.272 e. The van der Waals surface area contributed by atoms with Gasteiger partial charge in [-0.3, -0.25) is 4.79 Å². The lowest BCUT2D eigenvalue weighted by Crippen LogP contribution is -2.23. The van der Waals surface area contributed by atoms with Crippen LogP contribution < -0.4 is 10.1 Å². The van der Waals surface area contributed by atoms with Gasteiger partial charge >= 0.3 is 0 Å². The Hall–Kier alpha value is -2.19. The summed E-state index contributed by atoms with van der Waals surface area (Å²) in [5.74, 6) is 1.17. The van der Waals surface area contributed by atoms with Crippen LogP contribution in [-0.2, 0) is 13.3 Å². The molecule has 1 fully saturated rings. The molecule has 1 amide bonds. The summed E-state index contributed by atoms with van der Waals surface area (Å²) in [7, 11) is 0. The van der Waals surface area contributed by atoms with Gasteiger partial charge in [-0.1, -0.05) is 15.9 Å². The van der Waals surface area contributed by atoms with Crippen molar-refractivity contribution in [2.45, 2.75) is 32.0 Å². The van der Waals surface area contributed by atoms with Crippen molar-refractivity contribution in [2.75, 3.05) is 0 Å². The Labute approximate surface area is 163 Å². The first-order valence-corrected chi connectivity index (χ1v) is 9.99. The van der Waals surface area contributed by atoms with Crippen molar-refractivity contribution in [1.82, 2.24) is 20.1 Å². The molecule has 1 saturated carbocycles. The number of halogens is 1. The van der Waals surface area contributed by atoms with Gasteiger partial charge in [0.15, 0.2) is 6.73 Å². The SMILES string of the molecule is O=C(NCc1csc(C2CC2)n1)c1ccn(COc2ccc(Br)cc2)n1. The summed E-state index contributed by atoms with van der Waals surface area (Å²) in [6.45, 7) is 0.663. The number of thiazole rings is 1. The molecule has 0 spiro atoms. The molecule has 1 aliphatic carbocycles. The van der Waals surface area contributed by atoms with Crippen LogP contribution in [0.5, 0.6) is 5.75 Å². The molecule has 0 atom stereocenters. The highest BCUT2D eigenvalue weighted by molar-refractivity contribution is 9.10. The molecule has 3 aromatic rings. The number of benzene rings is 1. The molecule has 1 aromatic carbocycles. The second kappa shape index (κ2) is 7.59. The Morgan fingerprint density at radius 3 is 2.88 bits per heavy atom. The van der Waals surface area contributed by atoms with Gasteiger partial charge in [0.05, 0.1) is 17.2 Å². The van der Waals surface area contributed by atoms with Crippen LogP contribution in [-0.4, -0.2) is 20.7 Å². The van der Waals surface area contributed by atoms with Crippen LogP contribution in [0.3, 0.4) is 0 Å². The van der Waals surface area contributed by atoms with Crippen LogP contribution in [0.15, 0.2) is 46.4 Å².